The van der Waals surface area contributed by atoms with Crippen LogP contribution in [0.1, 0.15) is 22.7 Å². The molecular formula is C23H28N4O2. The van der Waals surface area contributed by atoms with Crippen LogP contribution in [0.3, 0.4) is 0 Å². The third-order valence-corrected chi connectivity index (χ3v) is 4.75. The van der Waals surface area contributed by atoms with Gasteiger partial charge in [-0.2, -0.15) is 0 Å². The molecule has 152 valence electrons. The van der Waals surface area contributed by atoms with E-state index in [9.17, 15) is 5.11 Å². The lowest BCUT2D eigenvalue weighted by Gasteiger charge is -2.18. The van der Waals surface area contributed by atoms with Crippen molar-refractivity contribution in [2.75, 3.05) is 26.7 Å². The van der Waals surface area contributed by atoms with Crippen molar-refractivity contribution < 1.29 is 9.52 Å². The van der Waals surface area contributed by atoms with Gasteiger partial charge in [0.1, 0.15) is 6.26 Å². The molecule has 1 unspecified atom stereocenters. The van der Waals surface area contributed by atoms with Crippen LogP contribution in [0.2, 0.25) is 0 Å². The second-order valence-corrected chi connectivity index (χ2v) is 6.93. The fraction of sp³-hybridized carbons (Fsp3) is 0.304. The highest BCUT2D eigenvalue weighted by Gasteiger charge is 2.11. The van der Waals surface area contributed by atoms with E-state index in [4.69, 9.17) is 4.42 Å². The number of rotatable bonds is 8. The van der Waals surface area contributed by atoms with Crippen molar-refractivity contribution in [3.63, 3.8) is 0 Å². The number of aromatic nitrogens is 1. The number of aryl methyl sites for hydroxylation is 1. The first-order valence-corrected chi connectivity index (χ1v) is 9.81. The molecule has 2 aromatic carbocycles. The first-order valence-electron chi connectivity index (χ1n) is 9.81. The van der Waals surface area contributed by atoms with Gasteiger partial charge in [-0.3, -0.25) is 4.99 Å². The van der Waals surface area contributed by atoms with Gasteiger partial charge < -0.3 is 20.2 Å². The lowest BCUT2D eigenvalue weighted by Crippen LogP contribution is -2.40. The van der Waals surface area contributed by atoms with Crippen molar-refractivity contribution in [1.82, 2.24) is 15.6 Å². The minimum Gasteiger partial charge on any atom is -0.444 e. The Morgan fingerprint density at radius 1 is 1.10 bits per heavy atom. The Hall–Kier alpha value is -3.12. The molecule has 29 heavy (non-hydrogen) atoms. The molecule has 1 atom stereocenters. The predicted octanol–water partition coefficient (Wildman–Crippen LogP) is 3.13. The van der Waals surface area contributed by atoms with Gasteiger partial charge in [0.05, 0.1) is 12.3 Å². The summed E-state index contributed by atoms with van der Waals surface area (Å²) in [5.41, 5.74) is 4.17. The van der Waals surface area contributed by atoms with E-state index in [1.54, 1.807) is 13.3 Å². The van der Waals surface area contributed by atoms with Crippen LogP contribution >= 0.6 is 0 Å². The summed E-state index contributed by atoms with van der Waals surface area (Å²) in [6.07, 6.45) is 2.42. The van der Waals surface area contributed by atoms with Gasteiger partial charge in [-0.25, -0.2) is 4.98 Å². The molecule has 0 radical (unpaired) electrons. The maximum atomic E-state index is 9.68. The van der Waals surface area contributed by atoms with Gasteiger partial charge in [0.15, 0.2) is 5.96 Å². The van der Waals surface area contributed by atoms with E-state index < -0.39 is 0 Å². The van der Waals surface area contributed by atoms with E-state index in [-0.39, 0.29) is 12.5 Å². The highest BCUT2D eigenvalue weighted by atomic mass is 16.3. The van der Waals surface area contributed by atoms with Gasteiger partial charge in [0, 0.05) is 38.0 Å². The highest BCUT2D eigenvalue weighted by molar-refractivity contribution is 5.79. The third kappa shape index (κ3) is 5.93. The fourth-order valence-electron chi connectivity index (χ4n) is 3.01. The number of guanidine groups is 1. The number of nitrogens with zero attached hydrogens (tertiary/aromatic N) is 2. The van der Waals surface area contributed by atoms with Gasteiger partial charge in [0.25, 0.3) is 0 Å². The molecule has 0 aliphatic heterocycles. The van der Waals surface area contributed by atoms with Crippen molar-refractivity contribution in [3.05, 3.63) is 77.7 Å². The highest BCUT2D eigenvalue weighted by Crippen LogP contribution is 2.19. The molecule has 3 rings (SSSR count). The van der Waals surface area contributed by atoms with E-state index >= 15 is 0 Å². The van der Waals surface area contributed by atoms with Gasteiger partial charge in [-0.15, -0.1) is 0 Å². The summed E-state index contributed by atoms with van der Waals surface area (Å²) >= 11 is 0. The average molecular weight is 393 g/mol. The van der Waals surface area contributed by atoms with Crippen LogP contribution < -0.4 is 10.6 Å². The SMILES string of the molecule is CN=C(NCCc1coc(-c2ccc(C)cc2)n1)NCC(CO)c1ccccc1. The van der Waals surface area contributed by atoms with Gasteiger partial charge in [-0.05, 0) is 24.6 Å². The first kappa shape index (κ1) is 20.6. The van der Waals surface area contributed by atoms with Crippen molar-refractivity contribution in [2.24, 2.45) is 4.99 Å². The smallest absolute Gasteiger partial charge is 0.226 e. The quantitative estimate of drug-likeness (QED) is 0.405. The summed E-state index contributed by atoms with van der Waals surface area (Å²) in [7, 11) is 1.73. The van der Waals surface area contributed by atoms with Crippen molar-refractivity contribution >= 4 is 5.96 Å². The lowest BCUT2D eigenvalue weighted by molar-refractivity contribution is 0.265. The second kappa shape index (κ2) is 10.4. The summed E-state index contributed by atoms with van der Waals surface area (Å²) in [6.45, 7) is 3.41. The van der Waals surface area contributed by atoms with E-state index in [1.165, 1.54) is 5.56 Å². The van der Waals surface area contributed by atoms with Crippen molar-refractivity contribution in [3.8, 4) is 11.5 Å². The van der Waals surface area contributed by atoms with Crippen molar-refractivity contribution in [2.45, 2.75) is 19.3 Å². The zero-order valence-corrected chi connectivity index (χ0v) is 16.9. The van der Waals surface area contributed by atoms with E-state index in [0.717, 1.165) is 23.2 Å². The molecule has 0 aliphatic carbocycles. The molecule has 3 aromatic rings. The maximum Gasteiger partial charge on any atom is 0.226 e. The molecule has 0 amide bonds. The zero-order valence-electron chi connectivity index (χ0n) is 16.9. The van der Waals surface area contributed by atoms with Crippen LogP contribution in [0.5, 0.6) is 0 Å². The second-order valence-electron chi connectivity index (χ2n) is 6.93. The van der Waals surface area contributed by atoms with Crippen LogP contribution in [0.25, 0.3) is 11.5 Å². The molecule has 6 heteroatoms. The normalized spacial score (nSPS) is 12.6. The average Bonchev–Trinajstić information content (AvgIpc) is 3.23. The lowest BCUT2D eigenvalue weighted by atomic mass is 10.0. The Labute approximate surface area is 171 Å². The van der Waals surface area contributed by atoms with Gasteiger partial charge in [0.2, 0.25) is 5.89 Å². The Kier molecular flexibility index (Phi) is 7.41. The molecule has 1 heterocycles. The fourth-order valence-corrected chi connectivity index (χ4v) is 3.01. The molecule has 0 spiro atoms. The minimum absolute atomic E-state index is 0.0161. The summed E-state index contributed by atoms with van der Waals surface area (Å²) in [4.78, 5) is 8.81. The van der Waals surface area contributed by atoms with E-state index in [1.807, 2.05) is 54.6 Å². The molecule has 3 N–H and O–H groups in total. The van der Waals surface area contributed by atoms with E-state index in [0.29, 0.717) is 24.9 Å². The molecule has 1 aromatic heterocycles. The molecule has 0 saturated carbocycles. The number of aliphatic hydroxyl groups is 1. The molecule has 6 nitrogen and oxygen atoms in total. The number of nitrogens with one attached hydrogen (secondary N) is 2. The summed E-state index contributed by atoms with van der Waals surface area (Å²) in [6, 6.07) is 18.1. The van der Waals surface area contributed by atoms with Gasteiger partial charge in [-0.1, -0.05) is 48.0 Å². The topological polar surface area (TPSA) is 82.7 Å². The first-order chi connectivity index (χ1) is 14.2. The number of hydrogen-bond acceptors (Lipinski definition) is 4. The molecule has 0 bridgehead atoms. The number of benzene rings is 2. The molecule has 0 saturated heterocycles. The monoisotopic (exact) mass is 392 g/mol. The molecule has 0 fully saturated rings. The number of aliphatic imine (C=N–C) groups is 1. The van der Waals surface area contributed by atoms with Gasteiger partial charge >= 0.3 is 0 Å². The van der Waals surface area contributed by atoms with Crippen LogP contribution in [-0.4, -0.2) is 42.8 Å². The molecular weight excluding hydrogens is 364 g/mol. The Bertz CT molecular complexity index is 904. The summed E-state index contributed by atoms with van der Waals surface area (Å²) in [5.74, 6) is 1.35. The Morgan fingerprint density at radius 3 is 2.55 bits per heavy atom. The summed E-state index contributed by atoms with van der Waals surface area (Å²) < 4.78 is 5.60. The number of aliphatic hydroxyl groups excluding tert-OH is 1. The third-order valence-electron chi connectivity index (χ3n) is 4.75. The van der Waals surface area contributed by atoms with Crippen LogP contribution in [0, 0.1) is 6.92 Å². The summed E-state index contributed by atoms with van der Waals surface area (Å²) in [5, 5.41) is 16.2. The Morgan fingerprint density at radius 2 is 1.86 bits per heavy atom. The molecule has 0 aliphatic rings. The van der Waals surface area contributed by atoms with Crippen molar-refractivity contribution in [1.29, 1.82) is 0 Å². The standard InChI is InChI=1S/C23H28N4O2/c1-17-8-10-19(11-9-17)22-27-21(16-29-22)12-13-25-23(24-2)26-14-20(15-28)18-6-4-3-5-7-18/h3-11,16,20,28H,12-15H2,1-2H3,(H2,24,25,26). The minimum atomic E-state index is 0.0161. The Balaban J connectivity index is 1.47. The number of hydrogen-bond donors (Lipinski definition) is 3. The number of oxazole rings is 1. The maximum absolute atomic E-state index is 9.68. The predicted molar refractivity (Wildman–Crippen MR) is 116 cm³/mol. The zero-order chi connectivity index (χ0) is 20.5. The van der Waals surface area contributed by atoms with E-state index in [2.05, 4.69) is 27.5 Å². The van der Waals surface area contributed by atoms with Crippen LogP contribution in [0.4, 0.5) is 0 Å². The van der Waals surface area contributed by atoms with Crippen LogP contribution in [0.15, 0.2) is 70.3 Å². The largest absolute Gasteiger partial charge is 0.444 e. The van der Waals surface area contributed by atoms with Crippen LogP contribution in [-0.2, 0) is 6.42 Å².